The zero-order valence-corrected chi connectivity index (χ0v) is 18.0. The Morgan fingerprint density at radius 3 is 2.12 bits per heavy atom. The number of carbonyl (C=O) groups is 2. The van der Waals surface area contributed by atoms with Crippen LogP contribution in [0.3, 0.4) is 0 Å². The summed E-state index contributed by atoms with van der Waals surface area (Å²) in [7, 11) is 3.14. The van der Waals surface area contributed by atoms with E-state index < -0.39 is 18.0 Å². The van der Waals surface area contributed by atoms with Crippen molar-refractivity contribution in [3.63, 3.8) is 0 Å². The van der Waals surface area contributed by atoms with Crippen molar-refractivity contribution in [3.05, 3.63) is 72.8 Å². The van der Waals surface area contributed by atoms with Gasteiger partial charge in [-0.1, -0.05) is 18.2 Å². The summed E-state index contributed by atoms with van der Waals surface area (Å²) in [4.78, 5) is 24.5. The van der Waals surface area contributed by atoms with E-state index >= 15 is 0 Å². The van der Waals surface area contributed by atoms with Crippen molar-refractivity contribution in [1.82, 2.24) is 5.32 Å². The summed E-state index contributed by atoms with van der Waals surface area (Å²) >= 11 is 0. The van der Waals surface area contributed by atoms with Crippen LogP contribution in [0, 0.1) is 0 Å². The molecule has 0 spiro atoms. The van der Waals surface area contributed by atoms with E-state index in [1.54, 1.807) is 87.9 Å². The van der Waals surface area contributed by atoms with Crippen molar-refractivity contribution >= 4 is 23.3 Å². The third-order valence-corrected chi connectivity index (χ3v) is 4.50. The minimum atomic E-state index is -0.682. The molecule has 0 saturated heterocycles. The molecule has 32 heavy (non-hydrogen) atoms. The van der Waals surface area contributed by atoms with Crippen LogP contribution in [0.1, 0.15) is 6.92 Å². The number of para-hydroxylation sites is 1. The number of hydrogen-bond acceptors (Lipinski definition) is 6. The van der Waals surface area contributed by atoms with Gasteiger partial charge >= 0.3 is 6.03 Å². The van der Waals surface area contributed by atoms with Crippen LogP contribution in [0.15, 0.2) is 72.8 Å². The minimum absolute atomic E-state index is 0.470. The highest BCUT2D eigenvalue weighted by atomic mass is 16.5. The highest BCUT2D eigenvalue weighted by Gasteiger charge is 2.17. The van der Waals surface area contributed by atoms with Crippen molar-refractivity contribution in [3.8, 4) is 23.0 Å². The normalized spacial score (nSPS) is 11.1. The summed E-state index contributed by atoms with van der Waals surface area (Å²) in [5.41, 5.74) is 1.22. The molecule has 3 aromatic carbocycles. The molecule has 0 heterocycles. The van der Waals surface area contributed by atoms with Gasteiger partial charge in [0.2, 0.25) is 5.91 Å². The van der Waals surface area contributed by atoms with Crippen molar-refractivity contribution in [1.29, 1.82) is 0 Å². The van der Waals surface area contributed by atoms with Crippen LogP contribution in [0.25, 0.3) is 0 Å². The van der Waals surface area contributed by atoms with Crippen LogP contribution in [0.5, 0.6) is 23.0 Å². The second kappa shape index (κ2) is 10.7. The van der Waals surface area contributed by atoms with Gasteiger partial charge in [0.05, 0.1) is 14.2 Å². The Balaban J connectivity index is 1.63. The Morgan fingerprint density at radius 2 is 1.47 bits per heavy atom. The van der Waals surface area contributed by atoms with Gasteiger partial charge in [-0.15, -0.1) is 0 Å². The molecule has 1 unspecified atom stereocenters. The fourth-order valence-electron chi connectivity index (χ4n) is 2.84. The number of hydrogen-bond donors (Lipinski definition) is 3. The van der Waals surface area contributed by atoms with E-state index in [4.69, 9.17) is 14.2 Å². The molecule has 3 amide bonds. The minimum Gasteiger partial charge on any atom is -0.497 e. The number of methoxy groups -OCH3 is 2. The summed E-state index contributed by atoms with van der Waals surface area (Å²) in [5.74, 6) is 1.84. The third-order valence-electron chi connectivity index (χ3n) is 4.50. The zero-order valence-electron chi connectivity index (χ0n) is 18.0. The molecule has 0 bridgehead atoms. The summed E-state index contributed by atoms with van der Waals surface area (Å²) in [6.45, 7) is 1.65. The van der Waals surface area contributed by atoms with Crippen LogP contribution >= 0.6 is 0 Å². The quantitative estimate of drug-likeness (QED) is 0.477. The number of amides is 3. The van der Waals surface area contributed by atoms with E-state index in [1.807, 2.05) is 6.07 Å². The van der Waals surface area contributed by atoms with E-state index in [1.165, 1.54) is 0 Å². The second-order valence-electron chi connectivity index (χ2n) is 6.82. The number of ether oxygens (including phenoxy) is 3. The Morgan fingerprint density at radius 1 is 0.781 bits per heavy atom. The first-order valence-corrected chi connectivity index (χ1v) is 9.92. The third kappa shape index (κ3) is 6.15. The van der Waals surface area contributed by atoms with Crippen LogP contribution in [-0.2, 0) is 4.79 Å². The molecule has 0 aromatic heterocycles. The predicted molar refractivity (Wildman–Crippen MR) is 123 cm³/mol. The molecule has 3 rings (SSSR count). The monoisotopic (exact) mass is 435 g/mol. The van der Waals surface area contributed by atoms with Gasteiger partial charge in [-0.3, -0.25) is 10.1 Å². The topological polar surface area (TPSA) is 97.9 Å². The van der Waals surface area contributed by atoms with Gasteiger partial charge < -0.3 is 24.8 Å². The zero-order chi connectivity index (χ0) is 22.9. The fourth-order valence-corrected chi connectivity index (χ4v) is 2.84. The summed E-state index contributed by atoms with van der Waals surface area (Å²) in [6.07, 6.45) is 0. The molecular weight excluding hydrogens is 410 g/mol. The van der Waals surface area contributed by atoms with Crippen molar-refractivity contribution in [2.24, 2.45) is 0 Å². The number of carbonyl (C=O) groups excluding carboxylic acids is 2. The van der Waals surface area contributed by atoms with E-state index in [9.17, 15) is 9.59 Å². The molecule has 0 aliphatic carbocycles. The van der Waals surface area contributed by atoms with Gasteiger partial charge in [-0.05, 0) is 55.5 Å². The first-order chi connectivity index (χ1) is 15.5. The van der Waals surface area contributed by atoms with Crippen LogP contribution in [-0.4, -0.2) is 32.2 Å². The molecule has 3 aromatic rings. The average molecular weight is 435 g/mol. The van der Waals surface area contributed by atoms with Gasteiger partial charge in [0.15, 0.2) is 11.5 Å². The summed E-state index contributed by atoms with van der Waals surface area (Å²) in [6, 6.07) is 19.9. The lowest BCUT2D eigenvalue weighted by Gasteiger charge is -2.17. The molecule has 0 fully saturated rings. The molecule has 1 atom stereocenters. The number of nitrogens with one attached hydrogen (secondary N) is 3. The lowest BCUT2D eigenvalue weighted by molar-refractivity contribution is -0.120. The maximum absolute atomic E-state index is 12.4. The molecule has 166 valence electrons. The Kier molecular flexibility index (Phi) is 7.53. The van der Waals surface area contributed by atoms with Crippen molar-refractivity contribution in [2.75, 3.05) is 24.9 Å². The molecule has 0 radical (unpaired) electrons. The maximum atomic E-state index is 12.4. The predicted octanol–water partition coefficient (Wildman–Crippen LogP) is 4.64. The Hall–Kier alpha value is -4.20. The summed E-state index contributed by atoms with van der Waals surface area (Å²) in [5, 5.41) is 7.98. The van der Waals surface area contributed by atoms with Gasteiger partial charge in [0, 0.05) is 17.4 Å². The molecule has 0 saturated carbocycles. The maximum Gasteiger partial charge on any atom is 0.325 e. The van der Waals surface area contributed by atoms with Crippen LogP contribution in [0.4, 0.5) is 16.2 Å². The molecule has 8 heteroatoms. The van der Waals surface area contributed by atoms with Crippen LogP contribution < -0.4 is 30.2 Å². The number of benzene rings is 3. The smallest absolute Gasteiger partial charge is 0.325 e. The van der Waals surface area contributed by atoms with Gasteiger partial charge in [0.25, 0.3) is 0 Å². The lowest BCUT2D eigenvalue weighted by atomic mass is 10.2. The van der Waals surface area contributed by atoms with Crippen molar-refractivity contribution < 1.29 is 23.8 Å². The highest BCUT2D eigenvalue weighted by molar-refractivity contribution is 6.03. The van der Waals surface area contributed by atoms with Crippen molar-refractivity contribution in [2.45, 2.75) is 13.0 Å². The molecule has 3 N–H and O–H groups in total. The number of urea groups is 1. The largest absolute Gasteiger partial charge is 0.497 e. The first-order valence-electron chi connectivity index (χ1n) is 9.92. The standard InChI is InChI=1S/C24H25N3O5/c1-16(23(28)27-24(29)26-17-7-5-4-6-8-17)25-18-9-14-21(31-3)22(15-18)32-20-12-10-19(30-2)11-13-20/h4-16,25H,1-3H3,(H2,26,27,28,29). The van der Waals surface area contributed by atoms with E-state index in [0.717, 1.165) is 5.75 Å². The summed E-state index contributed by atoms with van der Waals surface area (Å²) < 4.78 is 16.5. The van der Waals surface area contributed by atoms with E-state index in [2.05, 4.69) is 16.0 Å². The number of imide groups is 1. The van der Waals surface area contributed by atoms with Gasteiger partial charge in [-0.2, -0.15) is 0 Å². The average Bonchev–Trinajstić information content (AvgIpc) is 2.80. The number of anilines is 2. The van der Waals surface area contributed by atoms with E-state index in [0.29, 0.717) is 28.6 Å². The Labute approximate surface area is 186 Å². The van der Waals surface area contributed by atoms with E-state index in [-0.39, 0.29) is 0 Å². The Bertz CT molecular complexity index is 1050. The van der Waals surface area contributed by atoms with Gasteiger partial charge in [-0.25, -0.2) is 4.79 Å². The SMILES string of the molecule is COc1ccc(Oc2cc(NC(C)C(=O)NC(=O)Nc3ccccc3)ccc2OC)cc1. The highest BCUT2D eigenvalue weighted by Crippen LogP contribution is 2.34. The van der Waals surface area contributed by atoms with Gasteiger partial charge in [0.1, 0.15) is 17.5 Å². The number of rotatable bonds is 8. The lowest BCUT2D eigenvalue weighted by Crippen LogP contribution is -2.42. The second-order valence-corrected chi connectivity index (χ2v) is 6.82. The molecule has 0 aliphatic heterocycles. The molecular formula is C24H25N3O5. The molecule has 8 nitrogen and oxygen atoms in total. The van der Waals surface area contributed by atoms with Crippen LogP contribution in [0.2, 0.25) is 0 Å². The fraction of sp³-hybridized carbons (Fsp3) is 0.167. The first kappa shape index (κ1) is 22.5. The molecule has 0 aliphatic rings.